The van der Waals surface area contributed by atoms with Crippen LogP contribution in [0.25, 0.3) is 0 Å². The molecule has 0 atom stereocenters. The monoisotopic (exact) mass is 273 g/mol. The number of likely N-dealkylation sites (N-methyl/N-ethyl adjacent to an activating group) is 1. The van der Waals surface area contributed by atoms with Crippen molar-refractivity contribution in [3.05, 3.63) is 29.8 Å². The molecule has 102 valence electrons. The molecule has 1 aliphatic heterocycles. The Balaban J connectivity index is 2.14. The minimum absolute atomic E-state index is 0.00299. The van der Waals surface area contributed by atoms with E-state index in [1.165, 1.54) is 11.0 Å². The Bertz CT molecular complexity index is 572. The molecule has 0 radical (unpaired) electrons. The van der Waals surface area contributed by atoms with Crippen molar-refractivity contribution in [2.45, 2.75) is 0 Å². The molecule has 1 saturated heterocycles. The van der Waals surface area contributed by atoms with Crippen molar-refractivity contribution in [3.63, 3.8) is 0 Å². The second kappa shape index (κ2) is 6.13. The van der Waals surface area contributed by atoms with Gasteiger partial charge in [-0.25, -0.2) is 0 Å². The van der Waals surface area contributed by atoms with Crippen molar-refractivity contribution in [2.24, 2.45) is 0 Å². The van der Waals surface area contributed by atoms with E-state index in [1.807, 2.05) is 0 Å². The van der Waals surface area contributed by atoms with E-state index in [2.05, 4.69) is 11.7 Å². The molecule has 1 heterocycles. The molecule has 1 aromatic carbocycles. The van der Waals surface area contributed by atoms with E-state index < -0.39 is 19.1 Å². The summed E-state index contributed by atoms with van der Waals surface area (Å²) in [7, 11) is 0.347. The molecule has 1 N–H and O–H groups in total. The standard InChI is InChI=1S/C13H12BNO5/c1-15-8-12(17)19-14(20-13(18)9-15)7-6-10-4-2-3-5-11(10)16/h2-5,16H,8-9H2,1H3. The number of hydrogen-bond acceptors (Lipinski definition) is 6. The van der Waals surface area contributed by atoms with Crippen molar-refractivity contribution in [2.75, 3.05) is 20.1 Å². The number of phenols is 1. The Hall–Kier alpha value is -2.46. The average Bonchev–Trinajstić information content (AvgIpc) is 2.35. The summed E-state index contributed by atoms with van der Waals surface area (Å²) in [6, 6.07) is 6.44. The molecule has 0 amide bonds. The summed E-state index contributed by atoms with van der Waals surface area (Å²) in [6.07, 6.45) is 0. The Morgan fingerprint density at radius 2 is 1.80 bits per heavy atom. The normalized spacial score (nSPS) is 16.4. The molecule has 0 unspecified atom stereocenters. The Kier molecular flexibility index (Phi) is 4.28. The number of phenolic OH excluding ortho intramolecular Hbond substituents is 1. The lowest BCUT2D eigenvalue weighted by Crippen LogP contribution is -2.42. The zero-order valence-electron chi connectivity index (χ0n) is 10.8. The molecule has 1 aromatic rings. The molecular weight excluding hydrogens is 261 g/mol. The van der Waals surface area contributed by atoms with E-state index in [1.54, 1.807) is 25.2 Å². The third-order valence-electron chi connectivity index (χ3n) is 2.50. The van der Waals surface area contributed by atoms with E-state index in [-0.39, 0.29) is 18.8 Å². The Morgan fingerprint density at radius 3 is 2.40 bits per heavy atom. The van der Waals surface area contributed by atoms with E-state index >= 15 is 0 Å². The maximum absolute atomic E-state index is 11.5. The van der Waals surface area contributed by atoms with Crippen molar-refractivity contribution in [1.82, 2.24) is 4.90 Å². The zero-order valence-corrected chi connectivity index (χ0v) is 10.8. The van der Waals surface area contributed by atoms with Gasteiger partial charge in [0.25, 0.3) is 0 Å². The SMILES string of the molecule is CN1CC(=O)OB(C#Cc2ccccc2O)OC(=O)C1. The van der Waals surface area contributed by atoms with Gasteiger partial charge in [-0.1, -0.05) is 18.1 Å². The van der Waals surface area contributed by atoms with Crippen LogP contribution < -0.4 is 0 Å². The lowest BCUT2D eigenvalue weighted by Gasteiger charge is -2.20. The molecule has 0 aromatic heterocycles. The van der Waals surface area contributed by atoms with Gasteiger partial charge < -0.3 is 14.4 Å². The highest BCUT2D eigenvalue weighted by atomic mass is 16.6. The van der Waals surface area contributed by atoms with Crippen LogP contribution in [0.5, 0.6) is 5.75 Å². The van der Waals surface area contributed by atoms with E-state index in [4.69, 9.17) is 9.31 Å². The van der Waals surface area contributed by atoms with Gasteiger partial charge >= 0.3 is 19.1 Å². The zero-order chi connectivity index (χ0) is 14.5. The summed E-state index contributed by atoms with van der Waals surface area (Å²) in [5, 5.41) is 9.55. The minimum Gasteiger partial charge on any atom is -0.507 e. The number of hydrogen-bond donors (Lipinski definition) is 1. The van der Waals surface area contributed by atoms with Crippen LogP contribution in [0.15, 0.2) is 24.3 Å². The molecule has 0 spiro atoms. The van der Waals surface area contributed by atoms with Gasteiger partial charge in [0.05, 0.1) is 18.7 Å². The summed E-state index contributed by atoms with van der Waals surface area (Å²) in [5.41, 5.74) is 0.360. The number of nitrogens with zero attached hydrogens (tertiary/aromatic N) is 1. The van der Waals surface area contributed by atoms with Crippen LogP contribution in [0.4, 0.5) is 0 Å². The number of aromatic hydroxyl groups is 1. The van der Waals surface area contributed by atoms with E-state index in [0.717, 1.165) is 0 Å². The molecule has 1 fully saturated rings. The third kappa shape index (κ3) is 3.77. The van der Waals surface area contributed by atoms with Crippen LogP contribution in [0.1, 0.15) is 5.56 Å². The molecule has 1 aliphatic rings. The largest absolute Gasteiger partial charge is 0.694 e. The quantitative estimate of drug-likeness (QED) is 0.521. The molecule has 6 nitrogen and oxygen atoms in total. The molecule has 0 saturated carbocycles. The molecule has 20 heavy (non-hydrogen) atoms. The van der Waals surface area contributed by atoms with Crippen LogP contribution in [-0.4, -0.2) is 49.2 Å². The smallest absolute Gasteiger partial charge is 0.507 e. The maximum atomic E-state index is 11.5. The van der Waals surface area contributed by atoms with Gasteiger partial charge in [-0.15, -0.1) is 0 Å². The minimum atomic E-state index is -1.26. The highest BCUT2D eigenvalue weighted by molar-refractivity contribution is 6.58. The lowest BCUT2D eigenvalue weighted by atomic mass is 9.90. The van der Waals surface area contributed by atoms with Gasteiger partial charge in [-0.3, -0.25) is 14.5 Å². The highest BCUT2D eigenvalue weighted by Gasteiger charge is 2.30. The second-order valence-electron chi connectivity index (χ2n) is 4.27. The molecule has 7 heteroatoms. The second-order valence-corrected chi connectivity index (χ2v) is 4.27. The van der Waals surface area contributed by atoms with Crippen LogP contribution >= 0.6 is 0 Å². The van der Waals surface area contributed by atoms with Crippen LogP contribution in [-0.2, 0) is 18.9 Å². The summed E-state index contributed by atoms with van der Waals surface area (Å²) in [4.78, 5) is 24.4. The fraction of sp³-hybridized carbons (Fsp3) is 0.231. The van der Waals surface area contributed by atoms with Crippen LogP contribution in [0.3, 0.4) is 0 Å². The predicted molar refractivity (Wildman–Crippen MR) is 70.4 cm³/mol. The maximum Gasteiger partial charge on any atom is 0.694 e. The molecule has 2 rings (SSSR count). The predicted octanol–water partition coefficient (Wildman–Crippen LogP) is -0.197. The third-order valence-corrected chi connectivity index (χ3v) is 2.50. The van der Waals surface area contributed by atoms with Gasteiger partial charge in [0.2, 0.25) is 0 Å². The van der Waals surface area contributed by atoms with Gasteiger partial charge in [-0.05, 0) is 25.0 Å². The fourth-order valence-electron chi connectivity index (χ4n) is 1.61. The number of carbonyl (C=O) groups excluding carboxylic acids is 2. The van der Waals surface area contributed by atoms with Crippen molar-refractivity contribution >= 4 is 19.1 Å². The Labute approximate surface area is 116 Å². The number of rotatable bonds is 0. The first-order valence-corrected chi connectivity index (χ1v) is 5.91. The molecule has 0 bridgehead atoms. The summed E-state index contributed by atoms with van der Waals surface area (Å²) in [5.74, 6) is 4.06. The first-order chi connectivity index (χ1) is 9.54. The van der Waals surface area contributed by atoms with Gasteiger partial charge in [0.15, 0.2) is 0 Å². The van der Waals surface area contributed by atoms with Crippen LogP contribution in [0.2, 0.25) is 0 Å². The van der Waals surface area contributed by atoms with E-state index in [9.17, 15) is 14.7 Å². The summed E-state index contributed by atoms with van der Waals surface area (Å²) < 4.78 is 9.83. The van der Waals surface area contributed by atoms with Crippen molar-refractivity contribution in [3.8, 4) is 17.5 Å². The van der Waals surface area contributed by atoms with Crippen molar-refractivity contribution < 1.29 is 24.0 Å². The summed E-state index contributed by atoms with van der Waals surface area (Å²) in [6.45, 7) is -0.0201. The van der Waals surface area contributed by atoms with Crippen LogP contribution in [0, 0.1) is 11.7 Å². The Morgan fingerprint density at radius 1 is 1.20 bits per heavy atom. The van der Waals surface area contributed by atoms with Gasteiger partial charge in [0.1, 0.15) is 5.75 Å². The van der Waals surface area contributed by atoms with Gasteiger partial charge in [0, 0.05) is 0 Å². The number of para-hydroxylation sites is 1. The molecule has 0 aliphatic carbocycles. The topological polar surface area (TPSA) is 76.1 Å². The number of benzene rings is 1. The first kappa shape index (κ1) is 14.0. The molecular formula is C13H12BNO5. The first-order valence-electron chi connectivity index (χ1n) is 5.91. The average molecular weight is 273 g/mol. The van der Waals surface area contributed by atoms with Gasteiger partial charge in [-0.2, -0.15) is 0 Å². The van der Waals surface area contributed by atoms with E-state index in [0.29, 0.717) is 5.56 Å². The number of carbonyl (C=O) groups is 2. The lowest BCUT2D eigenvalue weighted by molar-refractivity contribution is -0.145. The summed E-state index contributed by atoms with van der Waals surface area (Å²) >= 11 is 0. The highest BCUT2D eigenvalue weighted by Crippen LogP contribution is 2.13. The fourth-order valence-corrected chi connectivity index (χ4v) is 1.61. The van der Waals surface area contributed by atoms with Crippen molar-refractivity contribution in [1.29, 1.82) is 0 Å².